The number of phenols is 1. The molecule has 0 aliphatic carbocycles. The standard InChI is InChI=1S/C22H14N2O4/c25-19-10-11-20(26)21-17(19)9-8-16-15-6-1-2-7-18(15)23(22(16)21)13-4-3-5-14(12-13)24(27)28/h1-12,25-26H/p-1. The highest BCUT2D eigenvalue weighted by atomic mass is 16.6. The molecule has 1 aromatic heterocycles. The Kier molecular flexibility index (Phi) is 3.30. The summed E-state index contributed by atoms with van der Waals surface area (Å²) in [5, 5.41) is 36.9. The summed E-state index contributed by atoms with van der Waals surface area (Å²) in [5.74, 6) is -0.194. The predicted octanol–water partition coefficient (Wildman–Crippen LogP) is 4.62. The maximum Gasteiger partial charge on any atom is 0.271 e. The van der Waals surface area contributed by atoms with Crippen LogP contribution in [0.2, 0.25) is 0 Å². The normalized spacial score (nSPS) is 11.4. The van der Waals surface area contributed by atoms with Crippen LogP contribution in [0.25, 0.3) is 38.3 Å². The molecule has 0 aliphatic heterocycles. The third-order valence-corrected chi connectivity index (χ3v) is 5.05. The highest BCUT2D eigenvalue weighted by Crippen LogP contribution is 2.41. The van der Waals surface area contributed by atoms with E-state index in [0.717, 1.165) is 16.3 Å². The van der Waals surface area contributed by atoms with E-state index in [4.69, 9.17) is 0 Å². The van der Waals surface area contributed by atoms with E-state index in [1.807, 2.05) is 34.9 Å². The summed E-state index contributed by atoms with van der Waals surface area (Å²) in [5.41, 5.74) is 2.04. The molecule has 0 saturated heterocycles. The van der Waals surface area contributed by atoms with E-state index in [-0.39, 0.29) is 17.2 Å². The zero-order valence-electron chi connectivity index (χ0n) is 14.5. The van der Waals surface area contributed by atoms with Crippen molar-refractivity contribution >= 4 is 38.3 Å². The minimum Gasteiger partial charge on any atom is -0.872 e. The van der Waals surface area contributed by atoms with Crippen molar-refractivity contribution in [2.75, 3.05) is 0 Å². The smallest absolute Gasteiger partial charge is 0.271 e. The van der Waals surface area contributed by atoms with Crippen LogP contribution in [0.15, 0.2) is 72.8 Å². The van der Waals surface area contributed by atoms with Crippen molar-refractivity contribution < 1.29 is 15.1 Å². The molecule has 0 radical (unpaired) electrons. The third-order valence-electron chi connectivity index (χ3n) is 5.05. The minimum atomic E-state index is -0.442. The number of benzene rings is 4. The summed E-state index contributed by atoms with van der Waals surface area (Å²) >= 11 is 0. The second-order valence-electron chi connectivity index (χ2n) is 6.60. The van der Waals surface area contributed by atoms with Crippen molar-refractivity contribution in [2.24, 2.45) is 0 Å². The maximum atomic E-state index is 12.4. The zero-order valence-corrected chi connectivity index (χ0v) is 14.5. The van der Waals surface area contributed by atoms with Gasteiger partial charge >= 0.3 is 0 Å². The van der Waals surface area contributed by atoms with Crippen molar-refractivity contribution in [3.8, 4) is 17.2 Å². The first-order valence-electron chi connectivity index (χ1n) is 8.66. The van der Waals surface area contributed by atoms with Crippen LogP contribution < -0.4 is 5.11 Å². The molecule has 4 aromatic carbocycles. The Hall–Kier alpha value is -4.06. The summed E-state index contributed by atoms with van der Waals surface area (Å²) in [6, 6.07) is 20.3. The molecule has 0 amide bonds. The van der Waals surface area contributed by atoms with Crippen LogP contribution in [0.3, 0.4) is 0 Å². The van der Waals surface area contributed by atoms with Gasteiger partial charge in [0.05, 0.1) is 21.6 Å². The fourth-order valence-corrected chi connectivity index (χ4v) is 3.86. The largest absolute Gasteiger partial charge is 0.872 e. The van der Waals surface area contributed by atoms with Crippen LogP contribution >= 0.6 is 0 Å². The van der Waals surface area contributed by atoms with Gasteiger partial charge in [0.2, 0.25) is 0 Å². The van der Waals surface area contributed by atoms with E-state index in [1.165, 1.54) is 24.3 Å². The summed E-state index contributed by atoms with van der Waals surface area (Å²) in [7, 11) is 0. The summed E-state index contributed by atoms with van der Waals surface area (Å²) in [6.07, 6.45) is 0. The van der Waals surface area contributed by atoms with Gasteiger partial charge < -0.3 is 14.8 Å². The Morgan fingerprint density at radius 3 is 2.46 bits per heavy atom. The predicted molar refractivity (Wildman–Crippen MR) is 106 cm³/mol. The summed E-state index contributed by atoms with van der Waals surface area (Å²) in [4.78, 5) is 10.8. The number of non-ortho nitro benzene ring substituents is 1. The molecule has 0 bridgehead atoms. The number of rotatable bonds is 2. The van der Waals surface area contributed by atoms with Crippen LogP contribution in [0.5, 0.6) is 11.5 Å². The lowest BCUT2D eigenvalue weighted by Crippen LogP contribution is -1.97. The molecular formula is C22H13N2O4-. The number of para-hydroxylation sites is 1. The van der Waals surface area contributed by atoms with Crippen molar-refractivity contribution in [3.63, 3.8) is 0 Å². The van der Waals surface area contributed by atoms with Gasteiger partial charge in [-0.15, -0.1) is 5.75 Å². The molecule has 28 heavy (non-hydrogen) atoms. The number of nitro benzene ring substituents is 1. The average molecular weight is 369 g/mol. The fraction of sp³-hybridized carbons (Fsp3) is 0. The molecular weight excluding hydrogens is 356 g/mol. The molecule has 1 heterocycles. The molecule has 0 saturated carbocycles. The lowest BCUT2D eigenvalue weighted by molar-refractivity contribution is -0.384. The van der Waals surface area contributed by atoms with E-state index in [1.54, 1.807) is 18.2 Å². The quantitative estimate of drug-likeness (QED) is 0.363. The summed E-state index contributed by atoms with van der Waals surface area (Å²) in [6.45, 7) is 0. The van der Waals surface area contributed by atoms with Gasteiger partial charge in [-0.25, -0.2) is 0 Å². The number of phenolic OH excluding ortho intramolecular Hbond substituents is 1. The summed E-state index contributed by atoms with van der Waals surface area (Å²) < 4.78 is 1.86. The Balaban J connectivity index is 2.05. The Labute approximate surface area is 158 Å². The highest BCUT2D eigenvalue weighted by molar-refractivity contribution is 6.20. The van der Waals surface area contributed by atoms with E-state index in [9.17, 15) is 20.3 Å². The van der Waals surface area contributed by atoms with Crippen molar-refractivity contribution in [2.45, 2.75) is 0 Å². The molecule has 0 spiro atoms. The van der Waals surface area contributed by atoms with Crippen LogP contribution in [-0.2, 0) is 0 Å². The molecule has 6 heteroatoms. The van der Waals surface area contributed by atoms with Gasteiger partial charge in [0.1, 0.15) is 5.75 Å². The molecule has 6 nitrogen and oxygen atoms in total. The van der Waals surface area contributed by atoms with Crippen LogP contribution in [0.4, 0.5) is 5.69 Å². The van der Waals surface area contributed by atoms with Crippen LogP contribution in [-0.4, -0.2) is 14.6 Å². The molecule has 136 valence electrons. The number of aromatic hydroxyl groups is 1. The number of nitrogens with zero attached hydrogens (tertiary/aromatic N) is 2. The van der Waals surface area contributed by atoms with Gasteiger partial charge in [-0.1, -0.05) is 42.5 Å². The molecule has 0 aliphatic rings. The van der Waals surface area contributed by atoms with Crippen LogP contribution in [0, 0.1) is 10.1 Å². The van der Waals surface area contributed by atoms with Crippen molar-refractivity contribution in [3.05, 3.63) is 82.9 Å². The van der Waals surface area contributed by atoms with E-state index < -0.39 is 4.92 Å². The molecule has 5 aromatic rings. The van der Waals surface area contributed by atoms with E-state index in [0.29, 0.717) is 22.0 Å². The first kappa shape index (κ1) is 16.1. The van der Waals surface area contributed by atoms with E-state index >= 15 is 0 Å². The van der Waals surface area contributed by atoms with Crippen LogP contribution in [0.1, 0.15) is 0 Å². The SMILES string of the molecule is O=[N+]([O-])c1cccc(-n2c3ccccc3c3ccc4c([O-])ccc(O)c4c32)c1. The monoisotopic (exact) mass is 369 g/mol. The average Bonchev–Trinajstić information content (AvgIpc) is 3.05. The fourth-order valence-electron chi connectivity index (χ4n) is 3.86. The van der Waals surface area contributed by atoms with Crippen molar-refractivity contribution in [1.82, 2.24) is 4.57 Å². The number of nitro groups is 1. The Morgan fingerprint density at radius 2 is 1.64 bits per heavy atom. The van der Waals surface area contributed by atoms with Gasteiger partial charge in [0, 0.05) is 28.3 Å². The number of aromatic nitrogens is 1. The molecule has 0 fully saturated rings. The highest BCUT2D eigenvalue weighted by Gasteiger charge is 2.18. The molecule has 0 unspecified atom stereocenters. The molecule has 5 rings (SSSR count). The lowest BCUT2D eigenvalue weighted by atomic mass is 10.0. The maximum absolute atomic E-state index is 12.4. The second-order valence-corrected chi connectivity index (χ2v) is 6.60. The second kappa shape index (κ2) is 5.72. The number of hydrogen-bond donors (Lipinski definition) is 1. The van der Waals surface area contributed by atoms with Gasteiger partial charge in [-0.05, 0) is 23.6 Å². The first-order chi connectivity index (χ1) is 13.6. The molecule has 0 atom stereocenters. The van der Waals surface area contributed by atoms with Crippen molar-refractivity contribution in [1.29, 1.82) is 0 Å². The Morgan fingerprint density at radius 1 is 0.857 bits per heavy atom. The van der Waals surface area contributed by atoms with Gasteiger partial charge in [0.25, 0.3) is 5.69 Å². The van der Waals surface area contributed by atoms with Gasteiger partial charge in [-0.3, -0.25) is 10.1 Å². The minimum absolute atomic E-state index is 0.00492. The number of fused-ring (bicyclic) bond motifs is 5. The van der Waals surface area contributed by atoms with Gasteiger partial charge in [-0.2, -0.15) is 0 Å². The first-order valence-corrected chi connectivity index (χ1v) is 8.66. The third kappa shape index (κ3) is 2.15. The molecule has 1 N–H and O–H groups in total. The topological polar surface area (TPSA) is 91.4 Å². The van der Waals surface area contributed by atoms with E-state index in [2.05, 4.69) is 0 Å². The van der Waals surface area contributed by atoms with Gasteiger partial charge in [0.15, 0.2) is 0 Å². The zero-order chi connectivity index (χ0) is 19.4. The lowest BCUT2D eigenvalue weighted by Gasteiger charge is -2.14. The number of hydrogen-bond acceptors (Lipinski definition) is 4. The Bertz CT molecular complexity index is 1420.